The second-order valence-corrected chi connectivity index (χ2v) is 6.10. The molecular weight excluding hydrogens is 248 g/mol. The highest BCUT2D eigenvalue weighted by Crippen LogP contribution is 2.26. The van der Waals surface area contributed by atoms with Gasteiger partial charge in [0.2, 0.25) is 0 Å². The van der Waals surface area contributed by atoms with Crippen molar-refractivity contribution in [2.75, 3.05) is 20.2 Å². The van der Waals surface area contributed by atoms with Crippen molar-refractivity contribution in [1.29, 1.82) is 0 Å². The van der Waals surface area contributed by atoms with Gasteiger partial charge in [-0.25, -0.2) is 0 Å². The summed E-state index contributed by atoms with van der Waals surface area (Å²) in [5.41, 5.74) is 8.34. The van der Waals surface area contributed by atoms with Crippen LogP contribution in [-0.4, -0.2) is 31.1 Å². The van der Waals surface area contributed by atoms with Gasteiger partial charge < -0.3 is 15.4 Å². The van der Waals surface area contributed by atoms with Crippen molar-refractivity contribution in [2.24, 2.45) is 5.73 Å². The first-order valence-corrected chi connectivity index (χ1v) is 7.77. The summed E-state index contributed by atoms with van der Waals surface area (Å²) in [6, 6.07) is 6.97. The van der Waals surface area contributed by atoms with Gasteiger partial charge >= 0.3 is 0 Å². The highest BCUT2D eigenvalue weighted by atomic mass is 16.5. The Bertz CT molecular complexity index is 431. The van der Waals surface area contributed by atoms with E-state index in [0.29, 0.717) is 6.04 Å². The van der Waals surface area contributed by atoms with E-state index in [2.05, 4.69) is 37.1 Å². The second kappa shape index (κ2) is 7.09. The molecule has 2 atom stereocenters. The van der Waals surface area contributed by atoms with E-state index in [1.807, 2.05) is 6.92 Å². The van der Waals surface area contributed by atoms with Crippen molar-refractivity contribution in [3.05, 3.63) is 29.3 Å². The van der Waals surface area contributed by atoms with Crippen LogP contribution in [0.1, 0.15) is 49.8 Å². The molecule has 0 aromatic heterocycles. The number of piperidine rings is 1. The van der Waals surface area contributed by atoms with Crippen LogP contribution < -0.4 is 10.5 Å². The lowest BCUT2D eigenvalue weighted by atomic mass is 10.0. The maximum atomic E-state index is 6.02. The molecule has 0 saturated carbocycles. The van der Waals surface area contributed by atoms with E-state index in [-0.39, 0.29) is 6.04 Å². The minimum atomic E-state index is 0.0166. The summed E-state index contributed by atoms with van der Waals surface area (Å²) < 4.78 is 6.02. The number of nitrogens with zero attached hydrogens (tertiary/aromatic N) is 1. The van der Waals surface area contributed by atoms with Crippen LogP contribution in [0.15, 0.2) is 18.2 Å². The summed E-state index contributed by atoms with van der Waals surface area (Å²) in [4.78, 5) is 2.47. The van der Waals surface area contributed by atoms with Gasteiger partial charge in [-0.05, 0) is 58.3 Å². The molecule has 0 aliphatic carbocycles. The van der Waals surface area contributed by atoms with E-state index in [9.17, 15) is 0 Å². The van der Waals surface area contributed by atoms with E-state index in [1.54, 1.807) is 0 Å². The number of aryl methyl sites for hydroxylation is 1. The fraction of sp³-hybridized carbons (Fsp3) is 0.647. The zero-order chi connectivity index (χ0) is 14.5. The molecule has 3 nitrogen and oxygen atoms in total. The number of nitrogens with two attached hydrogens (primary N) is 1. The Morgan fingerprint density at radius 1 is 1.40 bits per heavy atom. The normalized spacial score (nSPS) is 21.7. The molecule has 1 aliphatic rings. The maximum absolute atomic E-state index is 6.02. The molecule has 2 unspecified atom stereocenters. The van der Waals surface area contributed by atoms with Crippen LogP contribution in [0.25, 0.3) is 0 Å². The van der Waals surface area contributed by atoms with Crippen molar-refractivity contribution >= 4 is 0 Å². The Hall–Kier alpha value is -1.06. The van der Waals surface area contributed by atoms with Crippen LogP contribution in [0, 0.1) is 6.92 Å². The van der Waals surface area contributed by atoms with Crippen LogP contribution in [0.2, 0.25) is 0 Å². The van der Waals surface area contributed by atoms with Crippen molar-refractivity contribution < 1.29 is 4.74 Å². The number of hydrogen-bond acceptors (Lipinski definition) is 3. The highest BCUT2D eigenvalue weighted by molar-refractivity contribution is 5.38. The molecule has 2 rings (SSSR count). The zero-order valence-corrected chi connectivity index (χ0v) is 13.1. The predicted octanol–water partition coefficient (Wildman–Crippen LogP) is 3.27. The Labute approximate surface area is 123 Å². The molecule has 0 amide bonds. The SMILES string of the molecule is Cc1ccc(C(C)N)c(OCCC2CCCCN2C)c1. The van der Waals surface area contributed by atoms with Gasteiger partial charge in [0.1, 0.15) is 5.75 Å². The molecule has 1 aliphatic heterocycles. The first-order chi connectivity index (χ1) is 9.58. The molecule has 0 bridgehead atoms. The number of benzene rings is 1. The van der Waals surface area contributed by atoms with Crippen LogP contribution in [0.4, 0.5) is 0 Å². The third-order valence-corrected chi connectivity index (χ3v) is 4.29. The van der Waals surface area contributed by atoms with E-state index in [4.69, 9.17) is 10.5 Å². The molecule has 1 heterocycles. The lowest BCUT2D eigenvalue weighted by molar-refractivity contribution is 0.152. The van der Waals surface area contributed by atoms with Crippen LogP contribution >= 0.6 is 0 Å². The van der Waals surface area contributed by atoms with Crippen LogP contribution in [-0.2, 0) is 0 Å². The van der Waals surface area contributed by atoms with Gasteiger partial charge in [-0.3, -0.25) is 0 Å². The topological polar surface area (TPSA) is 38.5 Å². The average molecular weight is 276 g/mol. The van der Waals surface area contributed by atoms with Crippen molar-refractivity contribution in [2.45, 2.75) is 51.6 Å². The van der Waals surface area contributed by atoms with E-state index in [1.165, 1.54) is 31.4 Å². The summed E-state index contributed by atoms with van der Waals surface area (Å²) in [5, 5.41) is 0. The summed E-state index contributed by atoms with van der Waals surface area (Å²) in [6.07, 6.45) is 5.09. The van der Waals surface area contributed by atoms with Gasteiger partial charge in [0.15, 0.2) is 0 Å². The summed E-state index contributed by atoms with van der Waals surface area (Å²) in [5.74, 6) is 0.957. The van der Waals surface area contributed by atoms with E-state index in [0.717, 1.165) is 24.3 Å². The molecule has 0 spiro atoms. The first kappa shape index (κ1) is 15.3. The molecule has 112 valence electrons. The molecular formula is C17H28N2O. The molecule has 1 saturated heterocycles. The standard InChI is InChI=1S/C17H28N2O/c1-13-7-8-16(14(2)18)17(12-13)20-11-9-15-6-4-5-10-19(15)3/h7-8,12,14-15H,4-6,9-11,18H2,1-3H3. The minimum Gasteiger partial charge on any atom is -0.493 e. The Morgan fingerprint density at radius 3 is 2.90 bits per heavy atom. The summed E-state index contributed by atoms with van der Waals surface area (Å²) in [6.45, 7) is 6.09. The monoisotopic (exact) mass is 276 g/mol. The Morgan fingerprint density at radius 2 is 2.20 bits per heavy atom. The second-order valence-electron chi connectivity index (χ2n) is 6.10. The van der Waals surface area contributed by atoms with Gasteiger partial charge in [0.05, 0.1) is 6.61 Å². The molecule has 1 aromatic rings. The van der Waals surface area contributed by atoms with Crippen molar-refractivity contribution in [3.63, 3.8) is 0 Å². The lowest BCUT2D eigenvalue weighted by Crippen LogP contribution is -2.37. The number of rotatable bonds is 5. The zero-order valence-electron chi connectivity index (χ0n) is 13.1. The average Bonchev–Trinajstić information content (AvgIpc) is 2.41. The highest BCUT2D eigenvalue weighted by Gasteiger charge is 2.18. The molecule has 2 N–H and O–H groups in total. The fourth-order valence-corrected chi connectivity index (χ4v) is 2.96. The fourth-order valence-electron chi connectivity index (χ4n) is 2.96. The molecule has 0 radical (unpaired) electrons. The number of likely N-dealkylation sites (tertiary alicyclic amines) is 1. The minimum absolute atomic E-state index is 0.0166. The van der Waals surface area contributed by atoms with E-state index < -0.39 is 0 Å². The largest absolute Gasteiger partial charge is 0.493 e. The maximum Gasteiger partial charge on any atom is 0.124 e. The summed E-state index contributed by atoms with van der Waals surface area (Å²) in [7, 11) is 2.23. The lowest BCUT2D eigenvalue weighted by Gasteiger charge is -2.32. The van der Waals surface area contributed by atoms with Gasteiger partial charge in [0, 0.05) is 17.6 Å². The van der Waals surface area contributed by atoms with Gasteiger partial charge in [-0.1, -0.05) is 18.6 Å². The third kappa shape index (κ3) is 3.97. The first-order valence-electron chi connectivity index (χ1n) is 7.77. The number of hydrogen-bond donors (Lipinski definition) is 1. The number of ether oxygens (including phenoxy) is 1. The third-order valence-electron chi connectivity index (χ3n) is 4.29. The molecule has 1 fully saturated rings. The summed E-state index contributed by atoms with van der Waals surface area (Å²) >= 11 is 0. The molecule has 20 heavy (non-hydrogen) atoms. The van der Waals surface area contributed by atoms with Gasteiger partial charge in [0.25, 0.3) is 0 Å². The van der Waals surface area contributed by atoms with Crippen LogP contribution in [0.5, 0.6) is 5.75 Å². The Balaban J connectivity index is 1.91. The smallest absolute Gasteiger partial charge is 0.124 e. The van der Waals surface area contributed by atoms with E-state index >= 15 is 0 Å². The predicted molar refractivity (Wildman–Crippen MR) is 84.2 cm³/mol. The van der Waals surface area contributed by atoms with Crippen molar-refractivity contribution in [3.8, 4) is 5.75 Å². The molecule has 3 heteroatoms. The Kier molecular flexibility index (Phi) is 5.44. The van der Waals surface area contributed by atoms with Crippen LogP contribution in [0.3, 0.4) is 0 Å². The van der Waals surface area contributed by atoms with Gasteiger partial charge in [-0.2, -0.15) is 0 Å². The quantitative estimate of drug-likeness (QED) is 0.897. The molecule has 1 aromatic carbocycles. The van der Waals surface area contributed by atoms with Crippen molar-refractivity contribution in [1.82, 2.24) is 4.90 Å². The van der Waals surface area contributed by atoms with Gasteiger partial charge in [-0.15, -0.1) is 0 Å².